The number of nitrogens with one attached hydrogen (secondary N) is 1. The minimum Gasteiger partial charge on any atom is -0.349 e. The van der Waals surface area contributed by atoms with Crippen molar-refractivity contribution in [3.63, 3.8) is 0 Å². The molecule has 1 aromatic rings. The van der Waals surface area contributed by atoms with Crippen LogP contribution in [0.1, 0.15) is 39.8 Å². The quantitative estimate of drug-likeness (QED) is 0.791. The monoisotopic (exact) mass is 361 g/mol. The fraction of sp³-hybridized carbons (Fsp3) is 0.526. The largest absolute Gasteiger partial charge is 0.349 e. The highest BCUT2D eigenvalue weighted by molar-refractivity contribution is 8.00. The number of aromatic nitrogens is 1. The van der Waals surface area contributed by atoms with Crippen LogP contribution in [-0.2, 0) is 16.1 Å². The lowest BCUT2D eigenvalue weighted by Crippen LogP contribution is -2.49. The molecule has 0 aromatic carbocycles. The maximum absolute atomic E-state index is 12.7. The topological polar surface area (TPSA) is 62.3 Å². The lowest BCUT2D eigenvalue weighted by atomic mass is 10.1. The van der Waals surface area contributed by atoms with Gasteiger partial charge in [-0.1, -0.05) is 25.5 Å². The summed E-state index contributed by atoms with van der Waals surface area (Å²) in [7, 11) is 0. The van der Waals surface area contributed by atoms with Gasteiger partial charge in [0.1, 0.15) is 6.04 Å². The molecule has 0 unspecified atom stereocenters. The van der Waals surface area contributed by atoms with Crippen LogP contribution < -0.4 is 5.32 Å². The van der Waals surface area contributed by atoms with Crippen LogP contribution in [0.2, 0.25) is 0 Å². The van der Waals surface area contributed by atoms with Gasteiger partial charge < -0.3 is 10.2 Å². The molecule has 2 amide bonds. The van der Waals surface area contributed by atoms with Crippen LogP contribution in [0.5, 0.6) is 0 Å². The first kappa shape index (κ1) is 19.5. The summed E-state index contributed by atoms with van der Waals surface area (Å²) in [5.41, 5.74) is 1.75. The van der Waals surface area contributed by atoms with E-state index in [1.165, 1.54) is 0 Å². The standard InChI is InChI=1S/C19H27N3O2S/c1-13(2)9-17(23)22-16(12-25-18(22)10-14(3)4)19(24)21-11-15-7-5-6-8-20-15/h5-9,14,16,18H,10-12H2,1-4H3,(H,21,24)/t16-,18-/m0/s1. The van der Waals surface area contributed by atoms with Crippen LogP contribution in [0.3, 0.4) is 0 Å². The van der Waals surface area contributed by atoms with Crippen molar-refractivity contribution in [2.45, 2.75) is 52.1 Å². The Morgan fingerprint density at radius 3 is 2.76 bits per heavy atom. The van der Waals surface area contributed by atoms with E-state index >= 15 is 0 Å². The fourth-order valence-corrected chi connectivity index (χ4v) is 4.41. The highest BCUT2D eigenvalue weighted by Gasteiger charge is 2.40. The third-order valence-corrected chi connectivity index (χ3v) is 5.22. The average molecular weight is 362 g/mol. The molecule has 1 aliphatic rings. The molecule has 5 nitrogen and oxygen atoms in total. The first-order chi connectivity index (χ1) is 11.9. The molecule has 0 bridgehead atoms. The van der Waals surface area contributed by atoms with Crippen molar-refractivity contribution in [1.29, 1.82) is 0 Å². The van der Waals surface area contributed by atoms with Gasteiger partial charge in [0, 0.05) is 18.0 Å². The molecular formula is C19H27N3O2S. The van der Waals surface area contributed by atoms with E-state index in [-0.39, 0.29) is 17.2 Å². The van der Waals surface area contributed by atoms with Gasteiger partial charge in [0.05, 0.1) is 17.6 Å². The average Bonchev–Trinajstić information content (AvgIpc) is 2.96. The molecule has 1 fully saturated rings. The lowest BCUT2D eigenvalue weighted by molar-refractivity contribution is -0.136. The van der Waals surface area contributed by atoms with E-state index in [9.17, 15) is 9.59 Å². The number of amides is 2. The van der Waals surface area contributed by atoms with Gasteiger partial charge in [-0.15, -0.1) is 11.8 Å². The van der Waals surface area contributed by atoms with Crippen LogP contribution in [0, 0.1) is 5.92 Å². The molecule has 6 heteroatoms. The van der Waals surface area contributed by atoms with Crippen LogP contribution in [0.25, 0.3) is 0 Å². The number of pyridine rings is 1. The number of carbonyl (C=O) groups excluding carboxylic acids is 2. The summed E-state index contributed by atoms with van der Waals surface area (Å²) in [6.45, 7) is 8.45. The van der Waals surface area contributed by atoms with Crippen molar-refractivity contribution in [2.75, 3.05) is 5.75 Å². The van der Waals surface area contributed by atoms with E-state index in [1.54, 1.807) is 28.9 Å². The van der Waals surface area contributed by atoms with Gasteiger partial charge in [0.2, 0.25) is 11.8 Å². The number of carbonyl (C=O) groups is 2. The summed E-state index contributed by atoms with van der Waals surface area (Å²) < 4.78 is 0. The van der Waals surface area contributed by atoms with Crippen molar-refractivity contribution < 1.29 is 9.59 Å². The maximum Gasteiger partial charge on any atom is 0.248 e. The summed E-state index contributed by atoms with van der Waals surface area (Å²) >= 11 is 1.69. The van der Waals surface area contributed by atoms with Crippen LogP contribution in [0.4, 0.5) is 0 Å². The Hall–Kier alpha value is -1.82. The van der Waals surface area contributed by atoms with Gasteiger partial charge in [-0.25, -0.2) is 0 Å². The molecule has 2 rings (SSSR count). The summed E-state index contributed by atoms with van der Waals surface area (Å²) in [4.78, 5) is 31.3. The Labute approximate surface area is 154 Å². The molecular weight excluding hydrogens is 334 g/mol. The molecule has 136 valence electrons. The third-order valence-electron chi connectivity index (χ3n) is 3.90. The van der Waals surface area contributed by atoms with Gasteiger partial charge >= 0.3 is 0 Å². The Morgan fingerprint density at radius 1 is 1.40 bits per heavy atom. The highest BCUT2D eigenvalue weighted by atomic mass is 32.2. The number of rotatable bonds is 6. The van der Waals surface area contributed by atoms with E-state index in [2.05, 4.69) is 24.1 Å². The second-order valence-corrected chi connectivity index (χ2v) is 8.15. The molecule has 2 heterocycles. The van der Waals surface area contributed by atoms with Gasteiger partial charge in [-0.05, 0) is 38.3 Å². The van der Waals surface area contributed by atoms with E-state index in [4.69, 9.17) is 0 Å². The Bertz CT molecular complexity index is 627. The molecule has 1 aromatic heterocycles. The SMILES string of the molecule is CC(C)=CC(=O)N1[C@H](CC(C)C)SC[C@H]1C(=O)NCc1ccccn1. The molecule has 25 heavy (non-hydrogen) atoms. The lowest BCUT2D eigenvalue weighted by Gasteiger charge is -2.29. The van der Waals surface area contributed by atoms with E-state index in [0.29, 0.717) is 18.2 Å². The van der Waals surface area contributed by atoms with Crippen molar-refractivity contribution in [1.82, 2.24) is 15.2 Å². The minimum atomic E-state index is -0.430. The molecule has 0 radical (unpaired) electrons. The molecule has 1 N–H and O–H groups in total. The zero-order chi connectivity index (χ0) is 18.4. The van der Waals surface area contributed by atoms with Crippen molar-refractivity contribution in [2.24, 2.45) is 5.92 Å². The van der Waals surface area contributed by atoms with Crippen LogP contribution >= 0.6 is 11.8 Å². The van der Waals surface area contributed by atoms with Gasteiger partial charge in [-0.2, -0.15) is 0 Å². The highest BCUT2D eigenvalue weighted by Crippen LogP contribution is 2.33. The molecule has 0 saturated carbocycles. The molecule has 2 atom stereocenters. The molecule has 0 aliphatic carbocycles. The zero-order valence-corrected chi connectivity index (χ0v) is 16.2. The minimum absolute atomic E-state index is 0.0497. The predicted octanol–water partition coefficient (Wildman–Crippen LogP) is 2.98. The maximum atomic E-state index is 12.7. The second-order valence-electron chi connectivity index (χ2n) is 6.94. The van der Waals surface area contributed by atoms with Gasteiger partial charge in [0.25, 0.3) is 0 Å². The van der Waals surface area contributed by atoms with Crippen molar-refractivity contribution in [3.8, 4) is 0 Å². The predicted molar refractivity (Wildman–Crippen MR) is 102 cm³/mol. The number of thioether (sulfide) groups is 1. The van der Waals surface area contributed by atoms with E-state index in [1.807, 2.05) is 32.0 Å². The van der Waals surface area contributed by atoms with E-state index in [0.717, 1.165) is 17.7 Å². The normalized spacial score (nSPS) is 19.8. The molecule has 1 aliphatic heterocycles. The van der Waals surface area contributed by atoms with Crippen molar-refractivity contribution >= 4 is 23.6 Å². The second kappa shape index (κ2) is 9.04. The van der Waals surface area contributed by atoms with Gasteiger partial charge in [0.15, 0.2) is 0 Å². The third kappa shape index (κ3) is 5.59. The smallest absolute Gasteiger partial charge is 0.248 e. The Morgan fingerprint density at radius 2 is 2.16 bits per heavy atom. The summed E-state index contributed by atoms with van der Waals surface area (Å²) in [5, 5.41) is 2.97. The fourth-order valence-electron chi connectivity index (χ4n) is 2.77. The van der Waals surface area contributed by atoms with E-state index < -0.39 is 6.04 Å². The summed E-state index contributed by atoms with van der Waals surface area (Å²) in [6.07, 6.45) is 4.21. The van der Waals surface area contributed by atoms with Crippen LogP contribution in [-0.4, -0.2) is 38.9 Å². The van der Waals surface area contributed by atoms with Crippen LogP contribution in [0.15, 0.2) is 36.0 Å². The number of hydrogen-bond donors (Lipinski definition) is 1. The zero-order valence-electron chi connectivity index (χ0n) is 15.4. The summed E-state index contributed by atoms with van der Waals surface area (Å²) in [5.74, 6) is 0.914. The number of nitrogens with zero attached hydrogens (tertiary/aromatic N) is 2. The van der Waals surface area contributed by atoms with Gasteiger partial charge in [-0.3, -0.25) is 14.6 Å². The molecule has 1 saturated heterocycles. The first-order valence-electron chi connectivity index (χ1n) is 8.65. The molecule has 0 spiro atoms. The number of hydrogen-bond acceptors (Lipinski definition) is 4. The Kier molecular flexibility index (Phi) is 7.05. The summed E-state index contributed by atoms with van der Waals surface area (Å²) in [6, 6.07) is 5.18. The van der Waals surface area contributed by atoms with Crippen molar-refractivity contribution in [3.05, 3.63) is 41.7 Å². The number of allylic oxidation sites excluding steroid dienone is 1. The first-order valence-corrected chi connectivity index (χ1v) is 9.69. The Balaban J connectivity index is 2.09.